The summed E-state index contributed by atoms with van der Waals surface area (Å²) in [5.41, 5.74) is 0. The van der Waals surface area contributed by atoms with Gasteiger partial charge >= 0.3 is 0 Å². The summed E-state index contributed by atoms with van der Waals surface area (Å²) in [5.74, 6) is 0.415. The number of carbonyl (C=O) groups is 2. The van der Waals surface area contributed by atoms with Crippen LogP contribution in [0.4, 0.5) is 0 Å². The largest absolute Gasteiger partial charge is 0.347 e. The van der Waals surface area contributed by atoms with Crippen molar-refractivity contribution in [1.29, 1.82) is 0 Å². The Bertz CT molecular complexity index is 572. The van der Waals surface area contributed by atoms with Gasteiger partial charge in [-0.15, -0.1) is 11.3 Å². The Kier molecular flexibility index (Phi) is 6.42. The fourth-order valence-electron chi connectivity index (χ4n) is 3.91. The second-order valence-electron chi connectivity index (χ2n) is 7.13. The van der Waals surface area contributed by atoms with Gasteiger partial charge in [0, 0.05) is 37.5 Å². The lowest BCUT2D eigenvalue weighted by molar-refractivity contribution is -0.134. The first-order valence-corrected chi connectivity index (χ1v) is 10.2. The molecule has 2 saturated heterocycles. The van der Waals surface area contributed by atoms with Crippen molar-refractivity contribution in [2.75, 3.05) is 32.7 Å². The maximum Gasteiger partial charge on any atom is 0.236 e. The molecule has 25 heavy (non-hydrogen) atoms. The van der Waals surface area contributed by atoms with Crippen molar-refractivity contribution < 1.29 is 9.59 Å². The summed E-state index contributed by atoms with van der Waals surface area (Å²) in [6.07, 6.45) is 7.45. The predicted molar refractivity (Wildman–Crippen MR) is 98.3 cm³/mol. The quantitative estimate of drug-likeness (QED) is 0.868. The Morgan fingerprint density at radius 2 is 2.08 bits per heavy atom. The molecule has 2 aliphatic rings. The highest BCUT2D eigenvalue weighted by molar-refractivity contribution is 7.09. The predicted octanol–water partition coefficient (Wildman–Crippen LogP) is 2.04. The van der Waals surface area contributed by atoms with Crippen molar-refractivity contribution in [3.63, 3.8) is 0 Å². The van der Waals surface area contributed by atoms with Crippen molar-refractivity contribution in [3.8, 4) is 0 Å². The first-order chi connectivity index (χ1) is 12.1. The number of likely N-dealkylation sites (tertiary alicyclic amines) is 2. The van der Waals surface area contributed by atoms with Crippen LogP contribution < -0.4 is 5.32 Å². The minimum Gasteiger partial charge on any atom is -0.347 e. The van der Waals surface area contributed by atoms with E-state index >= 15 is 0 Å². The number of piperidine rings is 2. The van der Waals surface area contributed by atoms with Crippen LogP contribution in [0.2, 0.25) is 0 Å². The summed E-state index contributed by atoms with van der Waals surface area (Å²) in [7, 11) is 0. The summed E-state index contributed by atoms with van der Waals surface area (Å²) < 4.78 is 0. The Hall–Kier alpha value is -1.47. The Morgan fingerprint density at radius 1 is 1.28 bits per heavy atom. The summed E-state index contributed by atoms with van der Waals surface area (Å²) in [6.45, 7) is 5.69. The van der Waals surface area contributed by atoms with Crippen LogP contribution in [0.3, 0.4) is 0 Å². The molecular formula is C18H28N4O2S. The number of nitrogens with one attached hydrogen (secondary N) is 1. The topological polar surface area (TPSA) is 65.5 Å². The molecule has 0 aliphatic carbocycles. The van der Waals surface area contributed by atoms with Gasteiger partial charge in [-0.3, -0.25) is 14.5 Å². The number of hydrogen-bond acceptors (Lipinski definition) is 5. The third-order valence-corrected chi connectivity index (χ3v) is 6.02. The molecule has 0 radical (unpaired) electrons. The number of hydrogen-bond donors (Lipinski definition) is 1. The van der Waals surface area contributed by atoms with E-state index in [4.69, 9.17) is 0 Å². The van der Waals surface area contributed by atoms with E-state index in [1.807, 2.05) is 10.3 Å². The van der Waals surface area contributed by atoms with Crippen LogP contribution >= 0.6 is 11.3 Å². The molecule has 0 saturated carbocycles. The third kappa shape index (κ3) is 5.01. The van der Waals surface area contributed by atoms with Gasteiger partial charge in [-0.05, 0) is 38.8 Å². The van der Waals surface area contributed by atoms with E-state index in [2.05, 4.69) is 15.2 Å². The molecule has 2 amide bonds. The average Bonchev–Trinajstić information content (AvgIpc) is 3.15. The number of carbonyl (C=O) groups excluding carboxylic acids is 2. The van der Waals surface area contributed by atoms with Gasteiger partial charge in [-0.25, -0.2) is 4.98 Å². The van der Waals surface area contributed by atoms with Crippen LogP contribution in [0.15, 0.2) is 11.6 Å². The zero-order valence-corrected chi connectivity index (χ0v) is 15.8. The van der Waals surface area contributed by atoms with Gasteiger partial charge in [0.15, 0.2) is 0 Å². The highest BCUT2D eigenvalue weighted by Gasteiger charge is 2.32. The van der Waals surface area contributed by atoms with Gasteiger partial charge < -0.3 is 10.2 Å². The fourth-order valence-corrected chi connectivity index (χ4v) is 4.69. The van der Waals surface area contributed by atoms with Gasteiger partial charge in [0.1, 0.15) is 5.01 Å². The van der Waals surface area contributed by atoms with Crippen molar-refractivity contribution in [2.45, 2.75) is 45.1 Å². The molecule has 2 atom stereocenters. The van der Waals surface area contributed by atoms with Crippen molar-refractivity contribution in [1.82, 2.24) is 20.1 Å². The van der Waals surface area contributed by atoms with E-state index in [0.29, 0.717) is 13.1 Å². The van der Waals surface area contributed by atoms with E-state index < -0.39 is 0 Å². The van der Waals surface area contributed by atoms with Gasteiger partial charge in [0.25, 0.3) is 0 Å². The molecule has 3 rings (SSSR count). The molecule has 138 valence electrons. The summed E-state index contributed by atoms with van der Waals surface area (Å²) in [5, 5.41) is 5.93. The molecular weight excluding hydrogens is 336 g/mol. The monoisotopic (exact) mass is 364 g/mol. The van der Waals surface area contributed by atoms with E-state index in [0.717, 1.165) is 37.5 Å². The SMILES string of the molecule is CC(=O)NC(c1nccs1)C1CCCN(C(=O)CN2CCCCC2)C1. The first kappa shape index (κ1) is 18.3. The zero-order chi connectivity index (χ0) is 17.6. The molecule has 7 heteroatoms. The summed E-state index contributed by atoms with van der Waals surface area (Å²) >= 11 is 1.57. The van der Waals surface area contributed by atoms with Crippen molar-refractivity contribution in [2.24, 2.45) is 5.92 Å². The first-order valence-electron chi connectivity index (χ1n) is 9.30. The highest BCUT2D eigenvalue weighted by Crippen LogP contribution is 2.31. The summed E-state index contributed by atoms with van der Waals surface area (Å²) in [4.78, 5) is 33.0. The van der Waals surface area contributed by atoms with Gasteiger partial charge in [0.2, 0.25) is 11.8 Å². The van der Waals surface area contributed by atoms with E-state index in [1.165, 1.54) is 19.3 Å². The Morgan fingerprint density at radius 3 is 2.76 bits per heavy atom. The lowest BCUT2D eigenvalue weighted by Crippen LogP contribution is -2.48. The molecule has 2 aliphatic heterocycles. The highest BCUT2D eigenvalue weighted by atomic mass is 32.1. The number of thiazole rings is 1. The minimum atomic E-state index is -0.0944. The molecule has 1 N–H and O–H groups in total. The maximum atomic E-state index is 12.7. The van der Waals surface area contributed by atoms with E-state index in [1.54, 1.807) is 24.5 Å². The Balaban J connectivity index is 1.62. The van der Waals surface area contributed by atoms with Gasteiger partial charge in [0.05, 0.1) is 12.6 Å². The number of nitrogens with zero attached hydrogens (tertiary/aromatic N) is 3. The lowest BCUT2D eigenvalue weighted by Gasteiger charge is -2.37. The minimum absolute atomic E-state index is 0.0445. The second-order valence-corrected chi connectivity index (χ2v) is 8.05. The lowest BCUT2D eigenvalue weighted by atomic mass is 9.90. The molecule has 0 spiro atoms. The van der Waals surface area contributed by atoms with E-state index in [-0.39, 0.29) is 23.8 Å². The number of rotatable bonds is 5. The fraction of sp³-hybridized carbons (Fsp3) is 0.722. The maximum absolute atomic E-state index is 12.7. The van der Waals surface area contributed by atoms with Crippen molar-refractivity contribution in [3.05, 3.63) is 16.6 Å². The molecule has 3 heterocycles. The molecule has 2 fully saturated rings. The van der Waals surface area contributed by atoms with Gasteiger partial charge in [-0.2, -0.15) is 0 Å². The summed E-state index contributed by atoms with van der Waals surface area (Å²) in [6, 6.07) is -0.0944. The zero-order valence-electron chi connectivity index (χ0n) is 14.9. The van der Waals surface area contributed by atoms with E-state index in [9.17, 15) is 9.59 Å². The van der Waals surface area contributed by atoms with Crippen LogP contribution in [0, 0.1) is 5.92 Å². The van der Waals surface area contributed by atoms with Crippen LogP contribution in [-0.4, -0.2) is 59.3 Å². The van der Waals surface area contributed by atoms with Crippen LogP contribution in [0.1, 0.15) is 50.1 Å². The molecule has 6 nitrogen and oxygen atoms in total. The van der Waals surface area contributed by atoms with Crippen molar-refractivity contribution >= 4 is 23.2 Å². The standard InChI is InChI=1S/C18H28N4O2S/c1-14(23)20-17(18-19-7-11-25-18)15-6-5-10-22(12-15)16(24)13-21-8-3-2-4-9-21/h7,11,15,17H,2-6,8-10,12-13H2,1H3,(H,20,23). The second kappa shape index (κ2) is 8.76. The smallest absolute Gasteiger partial charge is 0.236 e. The molecule has 1 aromatic rings. The van der Waals surface area contributed by atoms with Gasteiger partial charge in [-0.1, -0.05) is 6.42 Å². The molecule has 0 bridgehead atoms. The Labute approximate surface area is 153 Å². The molecule has 0 aromatic carbocycles. The molecule has 2 unspecified atom stereocenters. The number of amides is 2. The number of aromatic nitrogens is 1. The average molecular weight is 365 g/mol. The third-order valence-electron chi connectivity index (χ3n) is 5.17. The molecule has 1 aromatic heterocycles. The van der Waals surface area contributed by atoms with Crippen LogP contribution in [0.25, 0.3) is 0 Å². The van der Waals surface area contributed by atoms with Crippen LogP contribution in [-0.2, 0) is 9.59 Å². The van der Waals surface area contributed by atoms with Crippen LogP contribution in [0.5, 0.6) is 0 Å². The normalized spacial score (nSPS) is 23.2.